The quantitative estimate of drug-likeness (QED) is 0.315. The molecule has 152 valence electrons. The molecule has 0 amide bonds. The summed E-state index contributed by atoms with van der Waals surface area (Å²) >= 11 is 0. The van der Waals surface area contributed by atoms with Crippen molar-refractivity contribution in [2.45, 2.75) is 27.7 Å². The molecule has 0 saturated heterocycles. The minimum atomic E-state index is -5.05. The van der Waals surface area contributed by atoms with Gasteiger partial charge in [0.15, 0.2) is 0 Å². The first-order valence-corrected chi connectivity index (χ1v) is 10.6. The molecule has 0 unspecified atom stereocenters. The van der Waals surface area contributed by atoms with E-state index < -0.39 is 15.6 Å². The Morgan fingerprint density at radius 1 is 0.630 bits per heavy atom. The molecule has 2 aromatic carbocycles. The van der Waals surface area contributed by atoms with E-state index in [4.69, 9.17) is 31.0 Å². The maximum atomic E-state index is 9.63. The maximum Gasteiger partial charge on any atom is 0.478 e. The third-order valence-corrected chi connectivity index (χ3v) is 4.40. The number of benzene rings is 2. The zero-order valence-corrected chi connectivity index (χ0v) is 17.3. The second-order valence-electron chi connectivity index (χ2n) is 5.90. The second-order valence-corrected chi connectivity index (χ2v) is 8.52. The molecule has 0 aromatic heterocycles. The van der Waals surface area contributed by atoms with Gasteiger partial charge in [-0.15, -0.1) is 0 Å². The molecule has 0 bridgehead atoms. The minimum Gasteiger partial charge on any atom is -0.399 e. The number of hydrogen-bond acceptors (Lipinski definition) is 5. The molecule has 0 aliphatic carbocycles. The lowest BCUT2D eigenvalue weighted by atomic mass is 10.1. The average Bonchev–Trinajstić information content (AvgIpc) is 2.31. The summed E-state index contributed by atoms with van der Waals surface area (Å²) in [5.74, 6) is 0. The van der Waals surface area contributed by atoms with E-state index >= 15 is 0 Å². The standard InChI is InChI=1S/2C8H11N.H4O7P2/c2*1-6-3-7(2)5-8(9)4-6;1-8(2,3)7-9(4,5)6/h2*3-5H,9H2,1-2H3;(H2,1,2,3)(H2,4,5,6). The fourth-order valence-corrected chi connectivity index (χ4v) is 3.27. The van der Waals surface area contributed by atoms with Crippen molar-refractivity contribution in [2.75, 3.05) is 11.5 Å². The van der Waals surface area contributed by atoms with Crippen LogP contribution in [-0.2, 0) is 13.4 Å². The van der Waals surface area contributed by atoms with E-state index in [1.807, 2.05) is 52.0 Å². The Balaban J connectivity index is 0.000000376. The molecule has 0 atom stereocenters. The predicted molar refractivity (Wildman–Crippen MR) is 106 cm³/mol. The number of anilines is 2. The van der Waals surface area contributed by atoms with Gasteiger partial charge in [-0.2, -0.15) is 4.31 Å². The third-order valence-electron chi connectivity index (χ3n) is 2.70. The first kappa shape index (κ1) is 25.3. The topological polar surface area (TPSA) is 176 Å². The zero-order valence-electron chi connectivity index (χ0n) is 15.5. The highest BCUT2D eigenvalue weighted by Crippen LogP contribution is 2.53. The van der Waals surface area contributed by atoms with Gasteiger partial charge < -0.3 is 31.0 Å². The van der Waals surface area contributed by atoms with E-state index in [9.17, 15) is 9.13 Å². The molecule has 9 nitrogen and oxygen atoms in total. The Morgan fingerprint density at radius 2 is 0.852 bits per heavy atom. The molecule has 27 heavy (non-hydrogen) atoms. The van der Waals surface area contributed by atoms with Crippen LogP contribution in [0, 0.1) is 27.7 Å². The van der Waals surface area contributed by atoms with Crippen LogP contribution < -0.4 is 11.5 Å². The first-order valence-electron chi connectivity index (χ1n) is 7.57. The maximum absolute atomic E-state index is 9.63. The van der Waals surface area contributed by atoms with Crippen LogP contribution >= 0.6 is 15.6 Å². The summed E-state index contributed by atoms with van der Waals surface area (Å²) in [7, 11) is -10.1. The van der Waals surface area contributed by atoms with Crippen molar-refractivity contribution in [1.29, 1.82) is 0 Å². The van der Waals surface area contributed by atoms with E-state index in [1.54, 1.807) is 0 Å². The summed E-state index contributed by atoms with van der Waals surface area (Å²) in [6.45, 7) is 8.18. The summed E-state index contributed by atoms with van der Waals surface area (Å²) < 4.78 is 22.2. The van der Waals surface area contributed by atoms with Gasteiger partial charge in [0.1, 0.15) is 0 Å². The van der Waals surface area contributed by atoms with Crippen LogP contribution in [-0.4, -0.2) is 19.6 Å². The van der Waals surface area contributed by atoms with E-state index in [0.717, 1.165) is 11.4 Å². The van der Waals surface area contributed by atoms with Gasteiger partial charge in [0, 0.05) is 11.4 Å². The Kier molecular flexibility index (Phi) is 9.92. The second kappa shape index (κ2) is 10.6. The minimum absolute atomic E-state index is 0.854. The smallest absolute Gasteiger partial charge is 0.399 e. The van der Waals surface area contributed by atoms with Gasteiger partial charge in [-0.25, -0.2) is 9.13 Å². The number of hydrogen-bond donors (Lipinski definition) is 6. The lowest BCUT2D eigenvalue weighted by Crippen LogP contribution is -1.86. The van der Waals surface area contributed by atoms with Gasteiger partial charge in [-0.1, -0.05) is 12.1 Å². The van der Waals surface area contributed by atoms with Gasteiger partial charge in [-0.05, 0) is 74.2 Å². The number of aryl methyl sites for hydroxylation is 4. The highest BCUT2D eigenvalue weighted by Gasteiger charge is 2.27. The van der Waals surface area contributed by atoms with Crippen molar-refractivity contribution in [2.24, 2.45) is 0 Å². The lowest BCUT2D eigenvalue weighted by molar-refractivity contribution is 0.225. The molecule has 0 saturated carbocycles. The van der Waals surface area contributed by atoms with E-state index in [0.29, 0.717) is 0 Å². The molecular weight excluding hydrogens is 394 g/mol. The summed E-state index contributed by atoms with van der Waals surface area (Å²) in [5.41, 5.74) is 17.7. The molecule has 0 heterocycles. The first-order chi connectivity index (χ1) is 12.1. The van der Waals surface area contributed by atoms with Crippen molar-refractivity contribution >= 4 is 27.0 Å². The van der Waals surface area contributed by atoms with Gasteiger partial charge >= 0.3 is 15.6 Å². The van der Waals surface area contributed by atoms with E-state index in [-0.39, 0.29) is 0 Å². The summed E-state index contributed by atoms with van der Waals surface area (Å²) in [6, 6.07) is 12.1. The van der Waals surface area contributed by atoms with Crippen LogP contribution in [0.25, 0.3) is 0 Å². The monoisotopic (exact) mass is 420 g/mol. The molecule has 0 aliphatic rings. The number of nitrogens with two attached hydrogens (primary N) is 2. The van der Waals surface area contributed by atoms with Crippen molar-refractivity contribution in [3.05, 3.63) is 58.7 Å². The van der Waals surface area contributed by atoms with Gasteiger partial charge in [0.2, 0.25) is 0 Å². The van der Waals surface area contributed by atoms with Crippen LogP contribution in [0.3, 0.4) is 0 Å². The highest BCUT2D eigenvalue weighted by molar-refractivity contribution is 7.60. The Morgan fingerprint density at radius 3 is 0.963 bits per heavy atom. The Labute approximate surface area is 158 Å². The molecule has 2 rings (SSSR count). The summed E-state index contributed by atoms with van der Waals surface area (Å²) in [6.07, 6.45) is 0. The van der Waals surface area contributed by atoms with Gasteiger partial charge in [0.05, 0.1) is 0 Å². The zero-order chi connectivity index (χ0) is 21.4. The van der Waals surface area contributed by atoms with Crippen LogP contribution in [0.2, 0.25) is 0 Å². The van der Waals surface area contributed by atoms with Gasteiger partial charge in [0.25, 0.3) is 0 Å². The van der Waals surface area contributed by atoms with Crippen LogP contribution in [0.5, 0.6) is 0 Å². The molecule has 2 aromatic rings. The average molecular weight is 420 g/mol. The largest absolute Gasteiger partial charge is 0.478 e. The molecule has 0 fully saturated rings. The van der Waals surface area contributed by atoms with Gasteiger partial charge in [-0.3, -0.25) is 0 Å². The molecule has 8 N–H and O–H groups in total. The van der Waals surface area contributed by atoms with Crippen LogP contribution in [0.15, 0.2) is 36.4 Å². The van der Waals surface area contributed by atoms with Crippen LogP contribution in [0.4, 0.5) is 11.4 Å². The van der Waals surface area contributed by atoms with Crippen molar-refractivity contribution in [1.82, 2.24) is 0 Å². The molecule has 0 aliphatic heterocycles. The van der Waals surface area contributed by atoms with Crippen molar-refractivity contribution < 1.29 is 33.0 Å². The number of nitrogen functional groups attached to an aromatic ring is 2. The van der Waals surface area contributed by atoms with E-state index in [1.165, 1.54) is 22.3 Å². The molecule has 0 radical (unpaired) electrons. The summed E-state index contributed by atoms with van der Waals surface area (Å²) in [4.78, 5) is 31.0. The fourth-order valence-electron chi connectivity index (χ4n) is 2.16. The van der Waals surface area contributed by atoms with Crippen molar-refractivity contribution in [3.8, 4) is 0 Å². The SMILES string of the molecule is Cc1cc(C)cc(N)c1.Cc1cc(C)cc(N)c1.O=P(O)(O)OP(=O)(O)O. The third kappa shape index (κ3) is 15.1. The molecule has 0 spiro atoms. The number of phosphoric acid groups is 2. The summed E-state index contributed by atoms with van der Waals surface area (Å²) in [5, 5.41) is 0. The highest BCUT2D eigenvalue weighted by atomic mass is 31.3. The number of rotatable bonds is 2. The predicted octanol–water partition coefficient (Wildman–Crippen LogP) is 2.96. The Hall–Kier alpha value is -1.70. The molecular formula is C16H26N2O7P2. The van der Waals surface area contributed by atoms with E-state index in [2.05, 4.69) is 16.4 Å². The Bertz CT molecular complexity index is 676. The van der Waals surface area contributed by atoms with Crippen molar-refractivity contribution in [3.63, 3.8) is 0 Å². The normalized spacial score (nSPS) is 11.0. The lowest BCUT2D eigenvalue weighted by Gasteiger charge is -2.03. The van der Waals surface area contributed by atoms with Crippen LogP contribution in [0.1, 0.15) is 22.3 Å². The fraction of sp³-hybridized carbons (Fsp3) is 0.250. The molecule has 11 heteroatoms.